The fourth-order valence-corrected chi connectivity index (χ4v) is 2.71. The molecule has 0 aromatic heterocycles. The van der Waals surface area contributed by atoms with E-state index < -0.39 is 11.6 Å². The molecule has 0 spiro atoms. The van der Waals surface area contributed by atoms with Crippen LogP contribution in [0.15, 0.2) is 16.6 Å². The molecule has 2 nitrogen and oxygen atoms in total. The second-order valence-electron chi connectivity index (χ2n) is 3.52. The molecule has 1 aromatic carbocycles. The van der Waals surface area contributed by atoms with Gasteiger partial charge in [-0.05, 0) is 22.0 Å². The van der Waals surface area contributed by atoms with Crippen LogP contribution >= 0.6 is 31.9 Å². The molecule has 0 radical (unpaired) electrons. The minimum atomic E-state index is -0.955. The molecule has 6 heteroatoms. The lowest BCUT2D eigenvalue weighted by molar-refractivity contribution is -0.117. The number of benzene rings is 1. The zero-order valence-electron chi connectivity index (χ0n) is 8.01. The van der Waals surface area contributed by atoms with Crippen molar-refractivity contribution < 1.29 is 13.6 Å². The van der Waals surface area contributed by atoms with Gasteiger partial charge in [0.25, 0.3) is 0 Å². The summed E-state index contributed by atoms with van der Waals surface area (Å²) >= 11 is 6.45. The van der Waals surface area contributed by atoms with Gasteiger partial charge in [-0.25, -0.2) is 8.78 Å². The van der Waals surface area contributed by atoms with Crippen LogP contribution in [0.25, 0.3) is 0 Å². The third-order valence-corrected chi connectivity index (χ3v) is 3.61. The second kappa shape index (κ2) is 4.41. The van der Waals surface area contributed by atoms with Crippen LogP contribution in [0.2, 0.25) is 0 Å². The van der Waals surface area contributed by atoms with Gasteiger partial charge >= 0.3 is 0 Å². The molecule has 1 unspecified atom stereocenters. The zero-order chi connectivity index (χ0) is 11.9. The summed E-state index contributed by atoms with van der Waals surface area (Å²) in [6, 6.07) is 2.06. The van der Waals surface area contributed by atoms with Crippen molar-refractivity contribution in [3.05, 3.63) is 28.2 Å². The first-order chi connectivity index (χ1) is 7.49. The summed E-state index contributed by atoms with van der Waals surface area (Å²) < 4.78 is 26.4. The highest BCUT2D eigenvalue weighted by molar-refractivity contribution is 9.10. The number of carbonyl (C=O) groups excluding carboxylic acids is 1. The van der Waals surface area contributed by atoms with Crippen LogP contribution in [0.4, 0.5) is 14.5 Å². The van der Waals surface area contributed by atoms with Crippen molar-refractivity contribution in [1.29, 1.82) is 0 Å². The molecule has 1 aliphatic heterocycles. The van der Waals surface area contributed by atoms with E-state index in [1.54, 1.807) is 0 Å². The van der Waals surface area contributed by atoms with E-state index in [4.69, 9.17) is 0 Å². The number of anilines is 1. The van der Waals surface area contributed by atoms with E-state index in [9.17, 15) is 13.6 Å². The molecule has 1 fully saturated rings. The molecule has 86 valence electrons. The Morgan fingerprint density at radius 2 is 1.94 bits per heavy atom. The smallest absolute Gasteiger partial charge is 0.228 e. The number of carbonyl (C=O) groups is 1. The van der Waals surface area contributed by atoms with E-state index in [-0.39, 0.29) is 10.7 Å². The molecule has 0 bridgehead atoms. The molecule has 0 N–H and O–H groups in total. The predicted octanol–water partition coefficient (Wildman–Crippen LogP) is 3.23. The lowest BCUT2D eigenvalue weighted by Crippen LogP contribution is -2.25. The number of hydrogen-bond acceptors (Lipinski definition) is 1. The molecule has 1 saturated heterocycles. The van der Waals surface area contributed by atoms with Crippen molar-refractivity contribution in [1.82, 2.24) is 0 Å². The third-order valence-electron chi connectivity index (χ3n) is 2.36. The SMILES string of the molecule is O=C1CC(Br)CN1c1cc(F)c(F)cc1Br. The molecule has 16 heavy (non-hydrogen) atoms. The Morgan fingerprint density at radius 3 is 2.50 bits per heavy atom. The van der Waals surface area contributed by atoms with E-state index in [2.05, 4.69) is 31.9 Å². The van der Waals surface area contributed by atoms with Crippen LogP contribution in [0.5, 0.6) is 0 Å². The minimum Gasteiger partial charge on any atom is -0.310 e. The molecule has 1 amide bonds. The van der Waals surface area contributed by atoms with E-state index in [0.29, 0.717) is 23.1 Å². The maximum atomic E-state index is 13.1. The van der Waals surface area contributed by atoms with Gasteiger partial charge in [0.05, 0.1) is 5.69 Å². The molecule has 1 heterocycles. The van der Waals surface area contributed by atoms with Gasteiger partial charge in [0.1, 0.15) is 0 Å². The lowest BCUT2D eigenvalue weighted by Gasteiger charge is -2.17. The van der Waals surface area contributed by atoms with Crippen molar-refractivity contribution in [2.24, 2.45) is 0 Å². The summed E-state index contributed by atoms with van der Waals surface area (Å²) in [7, 11) is 0. The largest absolute Gasteiger partial charge is 0.310 e. The van der Waals surface area contributed by atoms with E-state index in [0.717, 1.165) is 12.1 Å². The van der Waals surface area contributed by atoms with Gasteiger partial charge in [-0.2, -0.15) is 0 Å². The number of nitrogens with zero attached hydrogens (tertiary/aromatic N) is 1. The number of hydrogen-bond donors (Lipinski definition) is 0. The normalized spacial score (nSPS) is 20.6. The van der Waals surface area contributed by atoms with Crippen LogP contribution in [-0.2, 0) is 4.79 Å². The molecular formula is C10H7Br2F2NO. The average molecular weight is 355 g/mol. The second-order valence-corrected chi connectivity index (χ2v) is 5.67. The average Bonchev–Trinajstić information content (AvgIpc) is 2.51. The van der Waals surface area contributed by atoms with Crippen molar-refractivity contribution in [3.8, 4) is 0 Å². The maximum absolute atomic E-state index is 13.1. The third kappa shape index (κ3) is 2.13. The van der Waals surface area contributed by atoms with Crippen molar-refractivity contribution in [3.63, 3.8) is 0 Å². The highest BCUT2D eigenvalue weighted by atomic mass is 79.9. The molecule has 0 aliphatic carbocycles. The first-order valence-electron chi connectivity index (χ1n) is 4.58. The standard InChI is InChI=1S/C10H7Br2F2NO/c11-5-1-10(16)15(4-5)9-3-8(14)7(13)2-6(9)12/h2-3,5H,1,4H2. The van der Waals surface area contributed by atoms with Crippen LogP contribution in [-0.4, -0.2) is 17.3 Å². The molecule has 0 saturated carbocycles. The monoisotopic (exact) mass is 353 g/mol. The molecule has 1 aromatic rings. The molecule has 2 rings (SSSR count). The quantitative estimate of drug-likeness (QED) is 0.560. The number of rotatable bonds is 1. The Bertz CT molecular complexity index is 453. The minimum absolute atomic E-state index is 0.0556. The summed E-state index contributed by atoms with van der Waals surface area (Å²) in [6.45, 7) is 0.461. The maximum Gasteiger partial charge on any atom is 0.228 e. The van der Waals surface area contributed by atoms with Gasteiger partial charge in [0.15, 0.2) is 11.6 Å². The first kappa shape index (κ1) is 12.0. The fourth-order valence-electron chi connectivity index (χ4n) is 1.62. The Hall–Kier alpha value is -0.490. The topological polar surface area (TPSA) is 20.3 Å². The first-order valence-corrected chi connectivity index (χ1v) is 6.29. The van der Waals surface area contributed by atoms with Crippen LogP contribution in [0.1, 0.15) is 6.42 Å². The van der Waals surface area contributed by atoms with Crippen molar-refractivity contribution >= 4 is 43.5 Å². The molecule has 1 aliphatic rings. The fraction of sp³-hybridized carbons (Fsp3) is 0.300. The van der Waals surface area contributed by atoms with E-state index >= 15 is 0 Å². The Labute approximate surface area is 108 Å². The van der Waals surface area contributed by atoms with Crippen molar-refractivity contribution in [2.75, 3.05) is 11.4 Å². The summed E-state index contributed by atoms with van der Waals surface area (Å²) in [6.07, 6.45) is 0.367. The van der Waals surface area contributed by atoms with Crippen LogP contribution in [0, 0.1) is 11.6 Å². The summed E-state index contributed by atoms with van der Waals surface area (Å²) in [5.74, 6) is -1.99. The number of halogens is 4. The van der Waals surface area contributed by atoms with E-state index in [1.165, 1.54) is 4.90 Å². The summed E-state index contributed by atoms with van der Waals surface area (Å²) in [5, 5.41) is 0. The van der Waals surface area contributed by atoms with Gasteiger partial charge in [0.2, 0.25) is 5.91 Å². The van der Waals surface area contributed by atoms with Gasteiger partial charge in [-0.15, -0.1) is 0 Å². The lowest BCUT2D eigenvalue weighted by atomic mass is 10.3. The highest BCUT2D eigenvalue weighted by Crippen LogP contribution is 2.33. The van der Waals surface area contributed by atoms with Gasteiger partial charge in [-0.3, -0.25) is 4.79 Å². The van der Waals surface area contributed by atoms with E-state index in [1.807, 2.05) is 0 Å². The Morgan fingerprint density at radius 1 is 1.31 bits per heavy atom. The van der Waals surface area contributed by atoms with Gasteiger partial charge in [-0.1, -0.05) is 15.9 Å². The highest BCUT2D eigenvalue weighted by Gasteiger charge is 2.30. The molecular weight excluding hydrogens is 348 g/mol. The van der Waals surface area contributed by atoms with Gasteiger partial charge in [0, 0.05) is 28.3 Å². The predicted molar refractivity (Wildman–Crippen MR) is 63.7 cm³/mol. The molecule has 1 atom stereocenters. The number of amides is 1. The van der Waals surface area contributed by atoms with Crippen LogP contribution < -0.4 is 4.90 Å². The van der Waals surface area contributed by atoms with Crippen molar-refractivity contribution in [2.45, 2.75) is 11.2 Å². The zero-order valence-corrected chi connectivity index (χ0v) is 11.2. The van der Waals surface area contributed by atoms with Gasteiger partial charge < -0.3 is 4.90 Å². The Balaban J connectivity index is 2.41. The summed E-state index contributed by atoms with van der Waals surface area (Å²) in [4.78, 5) is 13.1. The summed E-state index contributed by atoms with van der Waals surface area (Å²) in [5.41, 5.74) is 0.367. The Kier molecular flexibility index (Phi) is 3.30. The number of alkyl halides is 1. The van der Waals surface area contributed by atoms with Crippen LogP contribution in [0.3, 0.4) is 0 Å².